The summed E-state index contributed by atoms with van der Waals surface area (Å²) >= 11 is 0. The van der Waals surface area contributed by atoms with Gasteiger partial charge in [0.1, 0.15) is 0 Å². The van der Waals surface area contributed by atoms with Gasteiger partial charge in [0.05, 0.1) is 4.90 Å². The lowest BCUT2D eigenvalue weighted by Gasteiger charge is -2.17. The molecule has 0 bridgehead atoms. The molecule has 1 heterocycles. The molecule has 3 N–H and O–H groups in total. The Hall–Kier alpha value is -2.08. The fourth-order valence-corrected chi connectivity index (χ4v) is 4.01. The van der Waals surface area contributed by atoms with E-state index in [9.17, 15) is 8.42 Å². The van der Waals surface area contributed by atoms with Gasteiger partial charge in [-0.1, -0.05) is 25.1 Å². The molecule has 0 aliphatic carbocycles. The highest BCUT2D eigenvalue weighted by atomic mass is 32.2. The first-order chi connectivity index (χ1) is 9.80. The number of hydrogen-bond acceptors (Lipinski definition) is 3. The number of nitrogens with one attached hydrogen (secondary N) is 1. The van der Waals surface area contributed by atoms with Gasteiger partial charge in [0.2, 0.25) is 0 Å². The lowest BCUT2D eigenvalue weighted by Crippen LogP contribution is -2.35. The number of sulfone groups is 1. The summed E-state index contributed by atoms with van der Waals surface area (Å²) in [5.74, 6) is 0.210. The summed E-state index contributed by atoms with van der Waals surface area (Å²) in [6.45, 7) is 2.71. The van der Waals surface area contributed by atoms with Gasteiger partial charge in [-0.3, -0.25) is 5.41 Å². The van der Waals surface area contributed by atoms with Gasteiger partial charge < -0.3 is 10.6 Å². The fraction of sp³-hybridized carbons (Fsp3) is 0.267. The van der Waals surface area contributed by atoms with Crippen LogP contribution >= 0.6 is 0 Å². The Kier molecular flexibility index (Phi) is 2.95. The topological polar surface area (TPSA) is 87.2 Å². The van der Waals surface area contributed by atoms with Crippen LogP contribution in [0.1, 0.15) is 18.4 Å². The van der Waals surface area contributed by atoms with Crippen molar-refractivity contribution in [3.05, 3.63) is 35.9 Å². The number of guanidine groups is 1. The van der Waals surface area contributed by atoms with E-state index in [4.69, 9.17) is 11.1 Å². The van der Waals surface area contributed by atoms with Crippen LogP contribution in [0.15, 0.2) is 35.2 Å². The smallest absolute Gasteiger partial charge is 0.192 e. The number of hydrogen-bond donors (Lipinski definition) is 2. The van der Waals surface area contributed by atoms with Crippen molar-refractivity contribution >= 4 is 32.3 Å². The van der Waals surface area contributed by atoms with Crippen molar-refractivity contribution in [1.29, 1.82) is 5.41 Å². The van der Waals surface area contributed by atoms with Crippen LogP contribution in [-0.4, -0.2) is 27.2 Å². The van der Waals surface area contributed by atoms with E-state index in [0.29, 0.717) is 11.4 Å². The number of nitrogens with zero attached hydrogens (tertiary/aromatic N) is 1. The number of fused-ring (bicyclic) bond motifs is 3. The maximum atomic E-state index is 11.9. The molecule has 5 nitrogen and oxygen atoms in total. The Morgan fingerprint density at radius 2 is 2.00 bits per heavy atom. The van der Waals surface area contributed by atoms with Crippen LogP contribution in [0.4, 0.5) is 5.69 Å². The molecule has 0 fully saturated rings. The zero-order chi connectivity index (χ0) is 15.4. The Morgan fingerprint density at radius 1 is 1.29 bits per heavy atom. The molecule has 110 valence electrons. The minimum absolute atomic E-state index is 0.0132. The molecule has 0 aromatic heterocycles. The Bertz CT molecular complexity index is 859. The molecule has 21 heavy (non-hydrogen) atoms. The third-order valence-electron chi connectivity index (χ3n) is 3.97. The normalized spacial score (nSPS) is 18.0. The predicted octanol–water partition coefficient (Wildman–Crippen LogP) is 2.06. The van der Waals surface area contributed by atoms with E-state index < -0.39 is 9.84 Å². The van der Waals surface area contributed by atoms with Gasteiger partial charge in [0.25, 0.3) is 0 Å². The SMILES string of the molecule is CC1CN(C(=N)N)c2ccc3c(S(C)(=O)=O)cccc3c21. The Balaban J connectivity index is 2.37. The van der Waals surface area contributed by atoms with Crippen LogP contribution < -0.4 is 10.6 Å². The highest BCUT2D eigenvalue weighted by Gasteiger charge is 2.29. The van der Waals surface area contributed by atoms with E-state index in [2.05, 4.69) is 6.92 Å². The summed E-state index contributed by atoms with van der Waals surface area (Å²) in [6, 6.07) is 8.99. The first-order valence-electron chi connectivity index (χ1n) is 6.68. The first-order valence-corrected chi connectivity index (χ1v) is 8.57. The highest BCUT2D eigenvalue weighted by molar-refractivity contribution is 7.91. The van der Waals surface area contributed by atoms with Crippen LogP contribution in [0.25, 0.3) is 10.8 Å². The zero-order valence-corrected chi connectivity index (χ0v) is 12.7. The van der Waals surface area contributed by atoms with Crippen molar-refractivity contribution in [2.24, 2.45) is 5.73 Å². The third-order valence-corrected chi connectivity index (χ3v) is 5.13. The van der Waals surface area contributed by atoms with Crippen molar-refractivity contribution < 1.29 is 8.42 Å². The van der Waals surface area contributed by atoms with Crippen LogP contribution in [-0.2, 0) is 9.84 Å². The molecule has 1 aliphatic rings. The molecule has 1 unspecified atom stereocenters. The molecule has 0 radical (unpaired) electrons. The molecule has 2 aromatic rings. The van der Waals surface area contributed by atoms with Crippen LogP contribution in [0, 0.1) is 5.41 Å². The molecule has 2 aromatic carbocycles. The standard InChI is InChI=1S/C15H17N3O2S/c1-9-8-18(15(16)17)12-7-6-10-11(14(9)12)4-3-5-13(10)21(2,19)20/h3-7,9H,8H2,1-2H3,(H3,16,17). The number of benzene rings is 2. The van der Waals surface area contributed by atoms with Crippen molar-refractivity contribution in [2.45, 2.75) is 17.7 Å². The van der Waals surface area contributed by atoms with Gasteiger partial charge in [0.15, 0.2) is 15.8 Å². The van der Waals surface area contributed by atoms with E-state index in [-0.39, 0.29) is 11.9 Å². The number of rotatable bonds is 1. The summed E-state index contributed by atoms with van der Waals surface area (Å²) in [7, 11) is -3.27. The van der Waals surface area contributed by atoms with Gasteiger partial charge in [-0.25, -0.2) is 8.42 Å². The molecule has 0 amide bonds. The third kappa shape index (κ3) is 2.06. The molecule has 0 spiro atoms. The average molecular weight is 303 g/mol. The van der Waals surface area contributed by atoms with Crippen molar-refractivity contribution in [2.75, 3.05) is 17.7 Å². The minimum atomic E-state index is -3.27. The van der Waals surface area contributed by atoms with Gasteiger partial charge >= 0.3 is 0 Å². The predicted molar refractivity (Wildman–Crippen MR) is 84.7 cm³/mol. The lowest BCUT2D eigenvalue weighted by molar-refractivity contribution is 0.602. The molecule has 0 saturated heterocycles. The van der Waals surface area contributed by atoms with E-state index in [1.54, 1.807) is 23.1 Å². The summed E-state index contributed by atoms with van der Waals surface area (Å²) < 4.78 is 23.9. The number of nitrogens with two attached hydrogens (primary N) is 1. The lowest BCUT2D eigenvalue weighted by atomic mass is 9.96. The van der Waals surface area contributed by atoms with Crippen molar-refractivity contribution in [1.82, 2.24) is 0 Å². The molecular formula is C15H17N3O2S. The average Bonchev–Trinajstić information content (AvgIpc) is 2.75. The quantitative estimate of drug-likeness (QED) is 0.623. The summed E-state index contributed by atoms with van der Waals surface area (Å²) in [5, 5.41) is 9.33. The second-order valence-corrected chi connectivity index (χ2v) is 7.50. The second-order valence-electron chi connectivity index (χ2n) is 5.52. The molecule has 1 atom stereocenters. The van der Waals surface area contributed by atoms with Crippen LogP contribution in [0.2, 0.25) is 0 Å². The van der Waals surface area contributed by atoms with Gasteiger partial charge in [0, 0.05) is 29.8 Å². The van der Waals surface area contributed by atoms with Crippen LogP contribution in [0.3, 0.4) is 0 Å². The monoisotopic (exact) mass is 303 g/mol. The Labute approximate surface area is 123 Å². The maximum absolute atomic E-state index is 11.9. The maximum Gasteiger partial charge on any atom is 0.192 e. The summed E-state index contributed by atoms with van der Waals surface area (Å²) in [5.41, 5.74) is 7.59. The van der Waals surface area contributed by atoms with Crippen LogP contribution in [0.5, 0.6) is 0 Å². The second kappa shape index (κ2) is 4.46. The summed E-state index contributed by atoms with van der Waals surface area (Å²) in [4.78, 5) is 2.10. The van der Waals surface area contributed by atoms with Crippen molar-refractivity contribution in [3.63, 3.8) is 0 Å². The number of anilines is 1. The highest BCUT2D eigenvalue weighted by Crippen LogP contribution is 2.41. The van der Waals surface area contributed by atoms with E-state index in [1.165, 1.54) is 6.26 Å². The molecule has 6 heteroatoms. The van der Waals surface area contributed by atoms with Gasteiger partial charge in [-0.15, -0.1) is 0 Å². The Morgan fingerprint density at radius 3 is 2.62 bits per heavy atom. The largest absolute Gasteiger partial charge is 0.370 e. The summed E-state index contributed by atoms with van der Waals surface area (Å²) in [6.07, 6.45) is 1.22. The van der Waals surface area contributed by atoms with Gasteiger partial charge in [-0.2, -0.15) is 0 Å². The van der Waals surface area contributed by atoms with E-state index >= 15 is 0 Å². The van der Waals surface area contributed by atoms with Crippen molar-refractivity contribution in [3.8, 4) is 0 Å². The minimum Gasteiger partial charge on any atom is -0.370 e. The fourth-order valence-electron chi connectivity index (χ4n) is 3.11. The zero-order valence-electron chi connectivity index (χ0n) is 11.9. The molecule has 0 saturated carbocycles. The van der Waals surface area contributed by atoms with Gasteiger partial charge in [-0.05, 0) is 23.1 Å². The van der Waals surface area contributed by atoms with E-state index in [1.807, 2.05) is 12.1 Å². The first kappa shape index (κ1) is 13.9. The van der Waals surface area contributed by atoms with E-state index in [0.717, 1.165) is 22.0 Å². The molecule has 3 rings (SSSR count). The molecular weight excluding hydrogens is 286 g/mol. The molecule has 1 aliphatic heterocycles.